The minimum absolute atomic E-state index is 0.0115. The Bertz CT molecular complexity index is 1510. The number of hydrazone groups is 1. The third-order valence-electron chi connectivity index (χ3n) is 6.48. The molecule has 0 radical (unpaired) electrons. The molecule has 3 N–H and O–H groups in total. The highest BCUT2D eigenvalue weighted by Gasteiger charge is 2.28. The number of methoxy groups -OCH3 is 1. The van der Waals surface area contributed by atoms with Crippen LogP contribution in [0.15, 0.2) is 50.7 Å². The minimum atomic E-state index is -0.719. The normalized spacial score (nSPS) is 15.8. The number of aromatic nitrogens is 5. The molecule has 1 atom stereocenters. The summed E-state index contributed by atoms with van der Waals surface area (Å²) in [5, 5.41) is 19.6. The fraction of sp³-hybridized carbons (Fsp3) is 0.320. The van der Waals surface area contributed by atoms with E-state index < -0.39 is 11.9 Å². The maximum atomic E-state index is 13.2. The molecule has 1 aromatic carbocycles. The molecule has 3 aromatic heterocycles. The SMILES string of the molecule is COc1cccc(/C=N/NC(=O)c2nnn(-c3nonc3N)c2CN2CCCC[C@H]2C)c1OC(=O)c1ccco1. The number of nitrogen functional groups attached to an aromatic ring is 1. The first-order valence-corrected chi connectivity index (χ1v) is 12.5. The lowest BCUT2D eigenvalue weighted by molar-refractivity contribution is 0.0695. The molecule has 1 aliphatic rings. The van der Waals surface area contributed by atoms with Crippen LogP contribution >= 0.6 is 0 Å². The number of esters is 1. The van der Waals surface area contributed by atoms with E-state index in [1.807, 2.05) is 0 Å². The fourth-order valence-corrected chi connectivity index (χ4v) is 4.37. The van der Waals surface area contributed by atoms with Crippen LogP contribution in [0.3, 0.4) is 0 Å². The van der Waals surface area contributed by atoms with Crippen molar-refractivity contribution in [3.05, 3.63) is 59.3 Å². The number of amides is 1. The summed E-state index contributed by atoms with van der Waals surface area (Å²) >= 11 is 0. The number of ether oxygens (including phenoxy) is 2. The number of nitrogens with one attached hydrogen (secondary N) is 1. The summed E-state index contributed by atoms with van der Waals surface area (Å²) in [7, 11) is 1.44. The van der Waals surface area contributed by atoms with Gasteiger partial charge in [-0.2, -0.15) is 9.78 Å². The third-order valence-corrected chi connectivity index (χ3v) is 6.48. The highest BCUT2D eigenvalue weighted by atomic mass is 16.6. The van der Waals surface area contributed by atoms with Gasteiger partial charge in [0.2, 0.25) is 17.4 Å². The van der Waals surface area contributed by atoms with Crippen molar-refractivity contribution in [2.45, 2.75) is 38.8 Å². The molecule has 0 unspecified atom stereocenters. The lowest BCUT2D eigenvalue weighted by Gasteiger charge is -2.33. The quantitative estimate of drug-likeness (QED) is 0.134. The van der Waals surface area contributed by atoms with E-state index >= 15 is 0 Å². The number of likely N-dealkylation sites (tertiary alicyclic amines) is 1. The smallest absolute Gasteiger partial charge is 0.379 e. The van der Waals surface area contributed by atoms with Crippen molar-refractivity contribution in [3.63, 3.8) is 0 Å². The van der Waals surface area contributed by atoms with Crippen molar-refractivity contribution in [1.29, 1.82) is 0 Å². The number of carbonyl (C=O) groups excluding carboxylic acids is 2. The van der Waals surface area contributed by atoms with Crippen molar-refractivity contribution < 1.29 is 28.1 Å². The Morgan fingerprint density at radius 3 is 2.85 bits per heavy atom. The Kier molecular flexibility index (Phi) is 7.82. The van der Waals surface area contributed by atoms with Crippen molar-refractivity contribution in [1.82, 2.24) is 35.6 Å². The lowest BCUT2D eigenvalue weighted by atomic mass is 10.0. The van der Waals surface area contributed by atoms with Crippen LogP contribution in [0.25, 0.3) is 5.82 Å². The van der Waals surface area contributed by atoms with Crippen LogP contribution in [0.2, 0.25) is 0 Å². The van der Waals surface area contributed by atoms with E-state index in [-0.39, 0.29) is 34.6 Å². The number of nitrogens with zero attached hydrogens (tertiary/aromatic N) is 7. The second-order valence-corrected chi connectivity index (χ2v) is 9.03. The maximum absolute atomic E-state index is 13.2. The van der Waals surface area contributed by atoms with E-state index in [2.05, 4.69) is 43.0 Å². The molecule has 0 bridgehead atoms. The molecular formula is C25H27N9O6. The van der Waals surface area contributed by atoms with Gasteiger partial charge in [0.15, 0.2) is 17.2 Å². The van der Waals surface area contributed by atoms with Gasteiger partial charge in [-0.1, -0.05) is 17.7 Å². The molecule has 1 saturated heterocycles. The van der Waals surface area contributed by atoms with E-state index in [0.29, 0.717) is 23.8 Å². The van der Waals surface area contributed by atoms with Gasteiger partial charge in [-0.15, -0.1) is 5.10 Å². The van der Waals surface area contributed by atoms with E-state index in [1.165, 1.54) is 30.3 Å². The Morgan fingerprint density at radius 1 is 1.25 bits per heavy atom. The van der Waals surface area contributed by atoms with E-state index in [0.717, 1.165) is 25.8 Å². The lowest BCUT2D eigenvalue weighted by Crippen LogP contribution is -2.38. The van der Waals surface area contributed by atoms with Crippen molar-refractivity contribution in [2.24, 2.45) is 5.10 Å². The third kappa shape index (κ3) is 5.54. The van der Waals surface area contributed by atoms with Gasteiger partial charge >= 0.3 is 5.97 Å². The molecule has 208 valence electrons. The van der Waals surface area contributed by atoms with E-state index in [9.17, 15) is 9.59 Å². The summed E-state index contributed by atoms with van der Waals surface area (Å²) in [4.78, 5) is 27.9. The van der Waals surface area contributed by atoms with Crippen LogP contribution in [0.4, 0.5) is 5.82 Å². The first-order valence-electron chi connectivity index (χ1n) is 12.5. The second kappa shape index (κ2) is 11.8. The van der Waals surface area contributed by atoms with Gasteiger partial charge in [0.1, 0.15) is 0 Å². The predicted molar refractivity (Wildman–Crippen MR) is 139 cm³/mol. The van der Waals surface area contributed by atoms with Gasteiger partial charge < -0.3 is 19.6 Å². The summed E-state index contributed by atoms with van der Waals surface area (Å²) in [5.74, 6) is -0.786. The zero-order valence-electron chi connectivity index (χ0n) is 21.8. The molecular weight excluding hydrogens is 522 g/mol. The summed E-state index contributed by atoms with van der Waals surface area (Å²) in [6.07, 6.45) is 5.90. The standard InChI is InChI=1S/C25H27N9O6/c1-15-7-3-4-11-33(15)14-17-20(28-32-34(17)23-22(26)30-40-31-23)24(35)29-27-13-16-8-5-9-18(37-2)21(16)39-25(36)19-10-6-12-38-19/h5-6,8-10,12-13,15H,3-4,7,11,14H2,1-2H3,(H2,26,30)(H,29,35)/b27-13+/t15-/m1/s1. The second-order valence-electron chi connectivity index (χ2n) is 9.03. The van der Waals surface area contributed by atoms with Gasteiger partial charge in [-0.3, -0.25) is 9.69 Å². The van der Waals surface area contributed by atoms with Gasteiger partial charge in [-0.05, 0) is 60.9 Å². The van der Waals surface area contributed by atoms with Gasteiger partial charge in [0.05, 0.1) is 25.3 Å². The highest BCUT2D eigenvalue weighted by Crippen LogP contribution is 2.31. The largest absolute Gasteiger partial charge is 0.493 e. The number of furan rings is 1. The number of carbonyl (C=O) groups is 2. The average molecular weight is 550 g/mol. The molecule has 0 spiro atoms. The number of rotatable bonds is 9. The number of anilines is 1. The summed E-state index contributed by atoms with van der Waals surface area (Å²) in [6.45, 7) is 3.36. The zero-order valence-corrected chi connectivity index (χ0v) is 21.8. The molecule has 1 fully saturated rings. The van der Waals surface area contributed by atoms with Crippen LogP contribution in [0, 0.1) is 0 Å². The molecule has 4 aromatic rings. The number of hydrogen-bond acceptors (Lipinski definition) is 13. The number of nitrogens with two attached hydrogens (primary N) is 1. The molecule has 1 aliphatic heterocycles. The number of hydrogen-bond donors (Lipinski definition) is 2. The molecule has 1 amide bonds. The summed E-state index contributed by atoms with van der Waals surface area (Å²) in [6, 6.07) is 8.30. The van der Waals surface area contributed by atoms with Crippen LogP contribution in [0.1, 0.15) is 58.5 Å². The van der Waals surface area contributed by atoms with Crippen LogP contribution in [-0.2, 0) is 6.54 Å². The molecule has 15 heteroatoms. The Balaban J connectivity index is 1.38. The highest BCUT2D eigenvalue weighted by molar-refractivity contribution is 5.95. The fourth-order valence-electron chi connectivity index (χ4n) is 4.37. The van der Waals surface area contributed by atoms with E-state index in [1.54, 1.807) is 24.3 Å². The summed E-state index contributed by atoms with van der Waals surface area (Å²) < 4.78 is 22.0. The monoisotopic (exact) mass is 549 g/mol. The van der Waals surface area contributed by atoms with Crippen molar-refractivity contribution in [2.75, 3.05) is 19.4 Å². The molecule has 40 heavy (non-hydrogen) atoms. The number of piperidine rings is 1. The number of benzene rings is 1. The Labute approximate surface area is 227 Å². The molecule has 5 rings (SSSR count). The number of para-hydroxylation sites is 1. The van der Waals surface area contributed by atoms with Gasteiger partial charge in [0, 0.05) is 18.2 Å². The Hall–Kier alpha value is -5.05. The molecule has 0 aliphatic carbocycles. The van der Waals surface area contributed by atoms with Crippen molar-refractivity contribution >= 4 is 23.9 Å². The van der Waals surface area contributed by atoms with Gasteiger partial charge in [0.25, 0.3) is 5.91 Å². The first kappa shape index (κ1) is 26.6. The topological polar surface area (TPSA) is 189 Å². The van der Waals surface area contributed by atoms with Gasteiger partial charge in [-0.25, -0.2) is 14.8 Å². The zero-order chi connectivity index (χ0) is 28.1. The average Bonchev–Trinajstić information content (AvgIpc) is 3.72. The van der Waals surface area contributed by atoms with Crippen LogP contribution in [-0.4, -0.2) is 68.0 Å². The molecule has 15 nitrogen and oxygen atoms in total. The maximum Gasteiger partial charge on any atom is 0.379 e. The van der Waals surface area contributed by atoms with Crippen molar-refractivity contribution in [3.8, 4) is 17.3 Å². The first-order chi connectivity index (χ1) is 19.5. The van der Waals surface area contributed by atoms with Crippen LogP contribution < -0.4 is 20.6 Å². The Morgan fingerprint density at radius 2 is 2.12 bits per heavy atom. The molecule has 4 heterocycles. The predicted octanol–water partition coefficient (Wildman–Crippen LogP) is 2.19. The van der Waals surface area contributed by atoms with E-state index in [4.69, 9.17) is 24.3 Å². The van der Waals surface area contributed by atoms with Crippen LogP contribution in [0.5, 0.6) is 11.5 Å². The summed E-state index contributed by atoms with van der Waals surface area (Å²) in [5.41, 5.74) is 9.21. The molecule has 0 saturated carbocycles. The minimum Gasteiger partial charge on any atom is -0.493 e.